The van der Waals surface area contributed by atoms with Crippen molar-refractivity contribution < 1.29 is 9.53 Å². The van der Waals surface area contributed by atoms with E-state index in [2.05, 4.69) is 10.5 Å². The number of allylic oxidation sites excluding steroid dienone is 1. The number of nitrogens with one attached hydrogen (secondary N) is 1. The maximum atomic E-state index is 12.1. The highest BCUT2D eigenvalue weighted by atomic mass is 16.5. The number of hydrogen-bond donors (Lipinski definition) is 1. The van der Waals surface area contributed by atoms with Crippen LogP contribution in [0.25, 0.3) is 6.08 Å². The van der Waals surface area contributed by atoms with E-state index in [0.29, 0.717) is 11.5 Å². The molecule has 3 aromatic rings. The Bertz CT molecular complexity index is 947. The third-order valence-electron chi connectivity index (χ3n) is 3.99. The Kier molecular flexibility index (Phi) is 6.74. The summed E-state index contributed by atoms with van der Waals surface area (Å²) in [5.41, 5.74) is 6.34. The molecule has 140 valence electrons. The number of hydrogen-bond acceptors (Lipinski definition) is 3. The van der Waals surface area contributed by atoms with Crippen molar-refractivity contribution in [3.8, 4) is 5.75 Å². The molecule has 0 aliphatic carbocycles. The second-order valence-corrected chi connectivity index (χ2v) is 6.24. The van der Waals surface area contributed by atoms with Crippen molar-refractivity contribution in [3.05, 3.63) is 108 Å². The predicted octanol–water partition coefficient (Wildman–Crippen LogP) is 4.61. The van der Waals surface area contributed by atoms with Gasteiger partial charge in [-0.1, -0.05) is 84.4 Å². The maximum absolute atomic E-state index is 12.1. The number of nitrogens with zero attached hydrogens (tertiary/aromatic N) is 1. The van der Waals surface area contributed by atoms with Crippen LogP contribution in [0.3, 0.4) is 0 Å². The van der Waals surface area contributed by atoms with Gasteiger partial charge >= 0.3 is 0 Å². The molecule has 1 amide bonds. The summed E-state index contributed by atoms with van der Waals surface area (Å²) in [5.74, 6) is 0.333. The number of ether oxygens (including phenoxy) is 1. The van der Waals surface area contributed by atoms with Crippen LogP contribution in [0.1, 0.15) is 16.7 Å². The lowest BCUT2D eigenvalue weighted by Crippen LogP contribution is -2.25. The smallest absolute Gasteiger partial charge is 0.277 e. The number of rotatable bonds is 7. The number of aryl methyl sites for hydroxylation is 1. The molecule has 0 fully saturated rings. The zero-order chi connectivity index (χ0) is 19.6. The van der Waals surface area contributed by atoms with Crippen molar-refractivity contribution in [2.45, 2.75) is 6.92 Å². The van der Waals surface area contributed by atoms with Crippen LogP contribution in [0, 0.1) is 6.92 Å². The number of hydrazone groups is 1. The average molecular weight is 370 g/mol. The van der Waals surface area contributed by atoms with E-state index in [0.717, 1.165) is 16.7 Å². The van der Waals surface area contributed by atoms with Gasteiger partial charge in [-0.05, 0) is 30.7 Å². The molecule has 1 N–H and O–H groups in total. The highest BCUT2D eigenvalue weighted by Crippen LogP contribution is 2.11. The zero-order valence-electron chi connectivity index (χ0n) is 15.7. The Morgan fingerprint density at radius 3 is 2.25 bits per heavy atom. The molecule has 0 heterocycles. The second kappa shape index (κ2) is 9.88. The van der Waals surface area contributed by atoms with Gasteiger partial charge in [0.1, 0.15) is 5.75 Å². The van der Waals surface area contributed by atoms with Crippen LogP contribution >= 0.6 is 0 Å². The third-order valence-corrected chi connectivity index (χ3v) is 3.99. The second-order valence-electron chi connectivity index (χ2n) is 6.24. The lowest BCUT2D eigenvalue weighted by atomic mass is 10.1. The maximum Gasteiger partial charge on any atom is 0.277 e. The van der Waals surface area contributed by atoms with Crippen LogP contribution in [-0.2, 0) is 4.79 Å². The van der Waals surface area contributed by atoms with Crippen LogP contribution in [0.5, 0.6) is 5.75 Å². The summed E-state index contributed by atoms with van der Waals surface area (Å²) in [6, 6.07) is 27.2. The molecular formula is C24H22N2O2. The van der Waals surface area contributed by atoms with Gasteiger partial charge in [-0.3, -0.25) is 4.79 Å². The molecule has 0 aliphatic heterocycles. The van der Waals surface area contributed by atoms with Gasteiger partial charge in [0.05, 0.1) is 5.71 Å². The Balaban J connectivity index is 1.67. The van der Waals surface area contributed by atoms with Gasteiger partial charge in [0, 0.05) is 5.56 Å². The van der Waals surface area contributed by atoms with Gasteiger partial charge in [0.15, 0.2) is 6.61 Å². The van der Waals surface area contributed by atoms with Gasteiger partial charge in [0.25, 0.3) is 5.91 Å². The van der Waals surface area contributed by atoms with E-state index in [-0.39, 0.29) is 12.5 Å². The molecule has 0 saturated carbocycles. The van der Waals surface area contributed by atoms with E-state index in [1.165, 1.54) is 0 Å². The fraction of sp³-hybridized carbons (Fsp3) is 0.0833. The molecule has 0 spiro atoms. The molecule has 0 radical (unpaired) electrons. The van der Waals surface area contributed by atoms with Gasteiger partial charge in [-0.15, -0.1) is 0 Å². The van der Waals surface area contributed by atoms with Gasteiger partial charge < -0.3 is 4.74 Å². The van der Waals surface area contributed by atoms with Crippen LogP contribution in [-0.4, -0.2) is 18.2 Å². The van der Waals surface area contributed by atoms with Crippen molar-refractivity contribution in [1.29, 1.82) is 0 Å². The number of carbonyl (C=O) groups excluding carboxylic acids is 1. The fourth-order valence-corrected chi connectivity index (χ4v) is 2.48. The van der Waals surface area contributed by atoms with Crippen LogP contribution in [0.15, 0.2) is 96.1 Å². The average Bonchev–Trinajstić information content (AvgIpc) is 2.75. The fourth-order valence-electron chi connectivity index (χ4n) is 2.48. The largest absolute Gasteiger partial charge is 0.484 e. The lowest BCUT2D eigenvalue weighted by Gasteiger charge is -2.06. The van der Waals surface area contributed by atoms with Crippen molar-refractivity contribution in [1.82, 2.24) is 5.43 Å². The first-order valence-electron chi connectivity index (χ1n) is 9.05. The first-order valence-corrected chi connectivity index (χ1v) is 9.05. The topological polar surface area (TPSA) is 50.7 Å². The molecular weight excluding hydrogens is 348 g/mol. The summed E-state index contributed by atoms with van der Waals surface area (Å²) >= 11 is 0. The summed E-state index contributed by atoms with van der Waals surface area (Å²) in [6.07, 6.45) is 3.84. The van der Waals surface area contributed by atoms with Crippen molar-refractivity contribution in [2.24, 2.45) is 5.10 Å². The summed E-state index contributed by atoms with van der Waals surface area (Å²) in [4.78, 5) is 12.1. The van der Waals surface area contributed by atoms with E-state index in [1.807, 2.05) is 104 Å². The summed E-state index contributed by atoms with van der Waals surface area (Å²) in [6.45, 7) is 1.90. The Morgan fingerprint density at radius 2 is 1.57 bits per heavy atom. The molecule has 28 heavy (non-hydrogen) atoms. The van der Waals surface area contributed by atoms with Crippen LogP contribution in [0.2, 0.25) is 0 Å². The van der Waals surface area contributed by atoms with Crippen molar-refractivity contribution in [2.75, 3.05) is 6.61 Å². The molecule has 0 atom stereocenters. The zero-order valence-corrected chi connectivity index (χ0v) is 15.7. The van der Waals surface area contributed by atoms with E-state index >= 15 is 0 Å². The highest BCUT2D eigenvalue weighted by Gasteiger charge is 2.04. The van der Waals surface area contributed by atoms with E-state index in [9.17, 15) is 4.79 Å². The number of amides is 1. The standard InChI is InChI=1S/C24H22N2O2/c1-19-12-15-22(16-13-19)28-18-24(27)26-25-23(21-10-6-3-7-11-21)17-14-20-8-4-2-5-9-20/h2-17H,18H2,1H3,(H,26,27)/b17-14+,25-23-. The number of carbonyl (C=O) groups is 1. The minimum Gasteiger partial charge on any atom is -0.484 e. The van der Waals surface area contributed by atoms with E-state index in [1.54, 1.807) is 0 Å². The Hall–Kier alpha value is -3.66. The lowest BCUT2D eigenvalue weighted by molar-refractivity contribution is -0.123. The van der Waals surface area contributed by atoms with Crippen molar-refractivity contribution >= 4 is 17.7 Å². The van der Waals surface area contributed by atoms with Crippen LogP contribution in [0.4, 0.5) is 0 Å². The minimum atomic E-state index is -0.317. The molecule has 0 bridgehead atoms. The summed E-state index contributed by atoms with van der Waals surface area (Å²) < 4.78 is 5.49. The minimum absolute atomic E-state index is 0.100. The molecule has 0 aliphatic rings. The summed E-state index contributed by atoms with van der Waals surface area (Å²) in [7, 11) is 0. The SMILES string of the molecule is Cc1ccc(OCC(=O)N/N=C(/C=C/c2ccccc2)c2ccccc2)cc1. The summed E-state index contributed by atoms with van der Waals surface area (Å²) in [5, 5.41) is 4.29. The molecule has 0 aromatic heterocycles. The Labute approximate surface area is 165 Å². The van der Waals surface area contributed by atoms with E-state index in [4.69, 9.17) is 4.74 Å². The Morgan fingerprint density at radius 1 is 0.929 bits per heavy atom. The normalized spacial score (nSPS) is 11.4. The highest BCUT2D eigenvalue weighted by molar-refractivity contribution is 6.11. The molecule has 3 aromatic carbocycles. The molecule has 4 nitrogen and oxygen atoms in total. The van der Waals surface area contributed by atoms with Gasteiger partial charge in [0.2, 0.25) is 0 Å². The van der Waals surface area contributed by atoms with Gasteiger partial charge in [-0.2, -0.15) is 5.10 Å². The quantitative estimate of drug-likeness (QED) is 0.488. The molecule has 0 saturated heterocycles. The third kappa shape index (κ3) is 5.95. The van der Waals surface area contributed by atoms with Crippen LogP contribution < -0.4 is 10.2 Å². The predicted molar refractivity (Wildman–Crippen MR) is 113 cm³/mol. The molecule has 0 unspecified atom stereocenters. The first-order chi connectivity index (χ1) is 13.7. The number of benzene rings is 3. The molecule has 3 rings (SSSR count). The molecule has 4 heteroatoms. The van der Waals surface area contributed by atoms with Crippen molar-refractivity contribution in [3.63, 3.8) is 0 Å². The van der Waals surface area contributed by atoms with Gasteiger partial charge in [-0.25, -0.2) is 5.43 Å². The van der Waals surface area contributed by atoms with E-state index < -0.39 is 0 Å². The first kappa shape index (κ1) is 19.1. The monoisotopic (exact) mass is 370 g/mol.